The van der Waals surface area contributed by atoms with Crippen LogP contribution >= 0.6 is 0 Å². The first kappa shape index (κ1) is 22.5. The van der Waals surface area contributed by atoms with Crippen LogP contribution < -0.4 is 14.9 Å². The van der Waals surface area contributed by atoms with Gasteiger partial charge in [-0.2, -0.15) is 0 Å². The fraction of sp³-hybridized carbons (Fsp3) is 0.280. The molecule has 1 aromatic heterocycles. The molecule has 0 spiro atoms. The molecular weight excluding hydrogens is 454 g/mol. The Balaban J connectivity index is 1.30. The molecule has 2 bridgehead atoms. The zero-order valence-electron chi connectivity index (χ0n) is 18.5. The lowest BCUT2D eigenvalue weighted by molar-refractivity contribution is -0.134. The highest BCUT2D eigenvalue weighted by atomic mass is 32.2. The van der Waals surface area contributed by atoms with Crippen molar-refractivity contribution in [2.45, 2.75) is 30.9 Å². The van der Waals surface area contributed by atoms with Crippen molar-refractivity contribution in [2.24, 2.45) is 17.8 Å². The highest BCUT2D eigenvalue weighted by Gasteiger charge is 2.49. The van der Waals surface area contributed by atoms with Gasteiger partial charge in [0.25, 0.3) is 0 Å². The highest BCUT2D eigenvalue weighted by Crippen LogP contribution is 2.44. The van der Waals surface area contributed by atoms with Crippen molar-refractivity contribution < 1.29 is 23.2 Å². The van der Waals surface area contributed by atoms with Crippen molar-refractivity contribution in [3.8, 4) is 5.75 Å². The molecule has 0 aliphatic heterocycles. The van der Waals surface area contributed by atoms with Crippen LogP contribution in [-0.4, -0.2) is 30.6 Å². The first-order chi connectivity index (χ1) is 16.4. The van der Waals surface area contributed by atoms with Crippen molar-refractivity contribution in [2.75, 3.05) is 0 Å². The van der Waals surface area contributed by atoms with Crippen LogP contribution in [0.2, 0.25) is 0 Å². The molecule has 2 aliphatic rings. The molecule has 1 amide bonds. The lowest BCUT2D eigenvalue weighted by Gasteiger charge is -2.27. The number of aryl methyl sites for hydroxylation is 1. The Labute approximate surface area is 197 Å². The largest absolute Gasteiger partial charge is 0.489 e. The molecule has 0 saturated heterocycles. The summed E-state index contributed by atoms with van der Waals surface area (Å²) >= 11 is 0. The maximum atomic E-state index is 13.0. The van der Waals surface area contributed by atoms with Gasteiger partial charge in [-0.3, -0.25) is 15.0 Å². The molecule has 9 heteroatoms. The number of carbonyl (C=O) groups is 1. The van der Waals surface area contributed by atoms with E-state index >= 15 is 0 Å². The number of allylic oxidation sites excluding steroid dienone is 1. The van der Waals surface area contributed by atoms with Gasteiger partial charge >= 0.3 is 0 Å². The predicted molar refractivity (Wildman–Crippen MR) is 126 cm³/mol. The number of nitrogens with zero attached hydrogens (tertiary/aromatic N) is 1. The Morgan fingerprint density at radius 1 is 1.12 bits per heavy atom. The molecule has 1 heterocycles. The maximum absolute atomic E-state index is 13.0. The maximum Gasteiger partial charge on any atom is 0.248 e. The Morgan fingerprint density at radius 2 is 1.85 bits per heavy atom. The van der Waals surface area contributed by atoms with Crippen molar-refractivity contribution >= 4 is 26.8 Å². The van der Waals surface area contributed by atoms with Gasteiger partial charge in [-0.05, 0) is 61.6 Å². The number of amides is 1. The third-order valence-corrected chi connectivity index (χ3v) is 8.10. The number of benzene rings is 2. The van der Waals surface area contributed by atoms with Gasteiger partial charge in [0.2, 0.25) is 15.9 Å². The number of nitrogens with one attached hydrogen (secondary N) is 2. The molecule has 5 rings (SSSR count). The minimum absolute atomic E-state index is 0.0803. The molecule has 176 valence electrons. The second kappa shape index (κ2) is 8.83. The van der Waals surface area contributed by atoms with Crippen LogP contribution in [-0.2, 0) is 21.4 Å². The number of sulfonamides is 1. The molecule has 3 aromatic rings. The average Bonchev–Trinajstić information content (AvgIpc) is 3.44. The monoisotopic (exact) mass is 479 g/mol. The third-order valence-electron chi connectivity index (χ3n) is 6.62. The molecule has 2 aromatic carbocycles. The fourth-order valence-electron chi connectivity index (χ4n) is 5.05. The molecule has 2 aliphatic carbocycles. The van der Waals surface area contributed by atoms with E-state index in [4.69, 9.17) is 9.94 Å². The molecule has 8 nitrogen and oxygen atoms in total. The minimum atomic E-state index is -3.87. The fourth-order valence-corrected chi connectivity index (χ4v) is 6.36. The number of hydrogen-bond donors (Lipinski definition) is 3. The molecule has 4 atom stereocenters. The van der Waals surface area contributed by atoms with E-state index in [2.05, 4.69) is 9.71 Å². The summed E-state index contributed by atoms with van der Waals surface area (Å²) in [6.07, 6.45) is 4.52. The lowest BCUT2D eigenvalue weighted by Crippen LogP contribution is -2.48. The average molecular weight is 480 g/mol. The van der Waals surface area contributed by atoms with Crippen LogP contribution in [0.1, 0.15) is 17.7 Å². The standard InChI is InChI=1S/C25H25N3O5S/c1-15-12-18(21-4-2-3-5-22(21)26-15)14-33-19-8-10-20(11-9-19)34(31,32)28-24-17-7-6-16(13-17)23(24)25(29)27-30/h2-12,16-17,23-24,28,30H,13-14H2,1H3,(H,27,29)/t16?,17?,23-,24+/m0/s1. The predicted octanol–water partition coefficient (Wildman–Crippen LogP) is 3.10. The molecule has 2 unspecified atom stereocenters. The van der Waals surface area contributed by atoms with Gasteiger partial charge in [0.05, 0.1) is 16.3 Å². The van der Waals surface area contributed by atoms with Gasteiger partial charge < -0.3 is 4.74 Å². The number of para-hydroxylation sites is 1. The molecule has 0 radical (unpaired) electrons. The summed E-state index contributed by atoms with van der Waals surface area (Å²) in [6.45, 7) is 2.26. The summed E-state index contributed by atoms with van der Waals surface area (Å²) in [6, 6.07) is 15.4. The van der Waals surface area contributed by atoms with E-state index in [-0.39, 0.29) is 16.7 Å². The van der Waals surface area contributed by atoms with Gasteiger partial charge in [-0.1, -0.05) is 30.4 Å². The lowest BCUT2D eigenvalue weighted by atomic mass is 9.89. The topological polar surface area (TPSA) is 118 Å². The summed E-state index contributed by atoms with van der Waals surface area (Å²) < 4.78 is 34.6. The molecule has 3 N–H and O–H groups in total. The number of hydrogen-bond acceptors (Lipinski definition) is 6. The highest BCUT2D eigenvalue weighted by molar-refractivity contribution is 7.89. The number of carbonyl (C=O) groups excluding carboxylic acids is 1. The van der Waals surface area contributed by atoms with Crippen molar-refractivity contribution in [1.29, 1.82) is 0 Å². The van der Waals surface area contributed by atoms with Crippen LogP contribution in [0.3, 0.4) is 0 Å². The van der Waals surface area contributed by atoms with E-state index in [0.29, 0.717) is 18.8 Å². The molecule has 1 fully saturated rings. The number of aromatic nitrogens is 1. The first-order valence-corrected chi connectivity index (χ1v) is 12.6. The zero-order valence-corrected chi connectivity index (χ0v) is 19.3. The number of ether oxygens (including phenoxy) is 1. The van der Waals surface area contributed by atoms with Crippen molar-refractivity contribution in [1.82, 2.24) is 15.2 Å². The molecule has 34 heavy (non-hydrogen) atoms. The third kappa shape index (κ3) is 4.18. The smallest absolute Gasteiger partial charge is 0.248 e. The van der Waals surface area contributed by atoms with Gasteiger partial charge in [0.1, 0.15) is 12.4 Å². The number of pyridine rings is 1. The van der Waals surface area contributed by atoms with Gasteiger partial charge in [0.15, 0.2) is 0 Å². The Morgan fingerprint density at radius 3 is 2.62 bits per heavy atom. The second-order valence-electron chi connectivity index (χ2n) is 8.80. The van der Waals surface area contributed by atoms with E-state index < -0.39 is 27.9 Å². The second-order valence-corrected chi connectivity index (χ2v) is 10.5. The van der Waals surface area contributed by atoms with E-state index in [9.17, 15) is 13.2 Å². The Bertz CT molecular complexity index is 1370. The van der Waals surface area contributed by atoms with Crippen LogP contribution in [0, 0.1) is 24.7 Å². The van der Waals surface area contributed by atoms with Crippen LogP contribution in [0.4, 0.5) is 0 Å². The van der Waals surface area contributed by atoms with Gasteiger partial charge in [-0.15, -0.1) is 0 Å². The van der Waals surface area contributed by atoms with Crippen LogP contribution in [0.15, 0.2) is 71.6 Å². The van der Waals surface area contributed by atoms with Crippen LogP contribution in [0.5, 0.6) is 5.75 Å². The van der Waals surface area contributed by atoms with E-state index in [1.54, 1.807) is 17.6 Å². The number of hydroxylamine groups is 1. The normalized spacial score (nSPS) is 23.4. The van der Waals surface area contributed by atoms with E-state index in [1.807, 2.05) is 49.4 Å². The van der Waals surface area contributed by atoms with Crippen molar-refractivity contribution in [3.05, 3.63) is 78.0 Å². The molecular formula is C25H25N3O5S. The first-order valence-electron chi connectivity index (χ1n) is 11.1. The Kier molecular flexibility index (Phi) is 5.85. The van der Waals surface area contributed by atoms with Crippen molar-refractivity contribution in [3.63, 3.8) is 0 Å². The summed E-state index contributed by atoms with van der Waals surface area (Å²) in [7, 11) is -3.87. The zero-order chi connectivity index (χ0) is 23.9. The number of fused-ring (bicyclic) bond motifs is 3. The van der Waals surface area contributed by atoms with Crippen LogP contribution in [0.25, 0.3) is 10.9 Å². The Hall–Kier alpha value is -3.27. The quantitative estimate of drug-likeness (QED) is 0.272. The SMILES string of the molecule is Cc1cc(COc2ccc(S(=O)(=O)N[C@@H]3C4C=CC(C4)[C@@H]3C(=O)NO)cc2)c2ccccc2n1. The van der Waals surface area contributed by atoms with Gasteiger partial charge in [-0.25, -0.2) is 18.6 Å². The minimum Gasteiger partial charge on any atom is -0.489 e. The number of rotatable bonds is 7. The van der Waals surface area contributed by atoms with E-state index in [0.717, 1.165) is 22.2 Å². The molecule has 1 saturated carbocycles. The summed E-state index contributed by atoms with van der Waals surface area (Å²) in [5.41, 5.74) is 4.46. The summed E-state index contributed by atoms with van der Waals surface area (Å²) in [4.78, 5) is 16.7. The summed E-state index contributed by atoms with van der Waals surface area (Å²) in [5, 5.41) is 10.1. The van der Waals surface area contributed by atoms with E-state index in [1.165, 1.54) is 12.1 Å². The van der Waals surface area contributed by atoms with Gasteiger partial charge in [0, 0.05) is 22.7 Å². The summed E-state index contributed by atoms with van der Waals surface area (Å²) in [5.74, 6) is -0.849.